The fourth-order valence-corrected chi connectivity index (χ4v) is 3.20. The predicted octanol–water partition coefficient (Wildman–Crippen LogP) is 3.05. The quantitative estimate of drug-likeness (QED) is 0.721. The zero-order chi connectivity index (χ0) is 19.6. The zero-order valence-electron chi connectivity index (χ0n) is 14.2. The van der Waals surface area contributed by atoms with Gasteiger partial charge in [0.1, 0.15) is 0 Å². The first-order chi connectivity index (χ1) is 12.7. The van der Waals surface area contributed by atoms with Crippen LogP contribution in [0.2, 0.25) is 0 Å². The Balaban J connectivity index is 1.60. The number of rotatable bonds is 5. The molecule has 2 aromatic heterocycles. The van der Waals surface area contributed by atoms with Gasteiger partial charge in [0.05, 0.1) is 29.9 Å². The lowest BCUT2D eigenvalue weighted by molar-refractivity contribution is -0.137. The van der Waals surface area contributed by atoms with Crippen LogP contribution in [-0.4, -0.2) is 39.7 Å². The molecular formula is C17H15F3N4O2S. The molecule has 3 rings (SSSR count). The number of nitrogens with one attached hydrogen (secondary N) is 1. The molecule has 1 N–H and O–H groups in total. The van der Waals surface area contributed by atoms with E-state index in [-0.39, 0.29) is 24.6 Å². The van der Waals surface area contributed by atoms with Gasteiger partial charge in [0, 0.05) is 24.8 Å². The summed E-state index contributed by atoms with van der Waals surface area (Å²) < 4.78 is 40.7. The second-order valence-electron chi connectivity index (χ2n) is 5.84. The maximum atomic E-state index is 13.0. The summed E-state index contributed by atoms with van der Waals surface area (Å²) in [6, 6.07) is 4.68. The van der Waals surface area contributed by atoms with Crippen molar-refractivity contribution in [2.75, 3.05) is 18.9 Å². The number of hydrogen-bond donors (Lipinski definition) is 1. The molecule has 2 heterocycles. The highest BCUT2D eigenvalue weighted by molar-refractivity contribution is 7.15. The Hall–Kier alpha value is -2.88. The lowest BCUT2D eigenvalue weighted by Gasteiger charge is -2.18. The van der Waals surface area contributed by atoms with E-state index in [1.54, 1.807) is 10.6 Å². The summed E-state index contributed by atoms with van der Waals surface area (Å²) in [5.41, 5.74) is -0.725. The Morgan fingerprint density at radius 1 is 1.30 bits per heavy atom. The molecule has 0 atom stereocenters. The first-order valence-corrected chi connectivity index (χ1v) is 8.73. The summed E-state index contributed by atoms with van der Waals surface area (Å²) >= 11 is 1.43. The predicted molar refractivity (Wildman–Crippen MR) is 94.5 cm³/mol. The van der Waals surface area contributed by atoms with Crippen molar-refractivity contribution in [3.8, 4) is 0 Å². The summed E-state index contributed by atoms with van der Waals surface area (Å²) in [6.45, 7) is -0.368. The summed E-state index contributed by atoms with van der Waals surface area (Å²) in [5.74, 6) is -1.08. The van der Waals surface area contributed by atoms with Gasteiger partial charge in [-0.3, -0.25) is 14.0 Å². The van der Waals surface area contributed by atoms with Crippen molar-refractivity contribution in [1.82, 2.24) is 14.3 Å². The molecular weight excluding hydrogens is 381 g/mol. The number of alkyl halides is 3. The second-order valence-corrected chi connectivity index (χ2v) is 6.72. The lowest BCUT2D eigenvalue weighted by Crippen LogP contribution is -2.36. The van der Waals surface area contributed by atoms with Gasteiger partial charge in [-0.2, -0.15) is 13.2 Å². The van der Waals surface area contributed by atoms with Crippen LogP contribution < -0.4 is 5.32 Å². The van der Waals surface area contributed by atoms with Crippen LogP contribution in [0.25, 0.3) is 4.96 Å². The number of hydrogen-bond acceptors (Lipinski definition) is 4. The van der Waals surface area contributed by atoms with E-state index < -0.39 is 17.6 Å². The largest absolute Gasteiger partial charge is 0.418 e. The monoisotopic (exact) mass is 396 g/mol. The number of likely N-dealkylation sites (N-methyl/N-ethyl adjacent to an activating group) is 1. The van der Waals surface area contributed by atoms with Crippen LogP contribution in [0.5, 0.6) is 0 Å². The third kappa shape index (κ3) is 4.45. The number of anilines is 1. The summed E-state index contributed by atoms with van der Waals surface area (Å²) in [5, 5.41) is 4.08. The molecule has 142 valence electrons. The molecule has 0 bridgehead atoms. The summed E-state index contributed by atoms with van der Waals surface area (Å²) in [6.07, 6.45) is -1.05. The van der Waals surface area contributed by atoms with E-state index in [4.69, 9.17) is 0 Å². The van der Waals surface area contributed by atoms with E-state index in [0.29, 0.717) is 5.69 Å². The number of nitrogens with zero attached hydrogens (tertiary/aromatic N) is 3. The smallest absolute Gasteiger partial charge is 0.336 e. The molecule has 0 spiro atoms. The van der Waals surface area contributed by atoms with Gasteiger partial charge in [0.15, 0.2) is 4.96 Å². The summed E-state index contributed by atoms with van der Waals surface area (Å²) in [4.78, 5) is 30.5. The Kier molecular flexibility index (Phi) is 5.17. The molecule has 0 saturated carbocycles. The average Bonchev–Trinajstić information content (AvgIpc) is 3.15. The second kappa shape index (κ2) is 7.39. The van der Waals surface area contributed by atoms with E-state index >= 15 is 0 Å². The fraction of sp³-hybridized carbons (Fsp3) is 0.235. The minimum atomic E-state index is -4.58. The van der Waals surface area contributed by atoms with Gasteiger partial charge in [-0.1, -0.05) is 12.1 Å². The minimum Gasteiger partial charge on any atom is -0.336 e. The first kappa shape index (κ1) is 18.9. The maximum absolute atomic E-state index is 13.0. The normalized spacial score (nSPS) is 11.6. The van der Waals surface area contributed by atoms with Crippen LogP contribution in [-0.2, 0) is 22.2 Å². The van der Waals surface area contributed by atoms with Crippen LogP contribution in [0.3, 0.4) is 0 Å². The molecule has 0 fully saturated rings. The van der Waals surface area contributed by atoms with Gasteiger partial charge < -0.3 is 10.2 Å². The van der Waals surface area contributed by atoms with Crippen LogP contribution in [0.15, 0.2) is 42.0 Å². The van der Waals surface area contributed by atoms with Crippen molar-refractivity contribution in [1.29, 1.82) is 0 Å². The van der Waals surface area contributed by atoms with Gasteiger partial charge in [-0.05, 0) is 12.1 Å². The topological polar surface area (TPSA) is 66.7 Å². The van der Waals surface area contributed by atoms with Crippen molar-refractivity contribution < 1.29 is 22.8 Å². The van der Waals surface area contributed by atoms with Crippen LogP contribution in [0.4, 0.5) is 18.9 Å². The molecule has 0 aliphatic heterocycles. The average molecular weight is 396 g/mol. The van der Waals surface area contributed by atoms with E-state index in [2.05, 4.69) is 10.3 Å². The van der Waals surface area contributed by atoms with E-state index in [9.17, 15) is 22.8 Å². The van der Waals surface area contributed by atoms with Crippen molar-refractivity contribution in [3.05, 3.63) is 53.3 Å². The number of amides is 2. The highest BCUT2D eigenvalue weighted by Crippen LogP contribution is 2.34. The van der Waals surface area contributed by atoms with Gasteiger partial charge in [0.25, 0.3) is 0 Å². The molecule has 0 aliphatic carbocycles. The minimum absolute atomic E-state index is 0.00266. The van der Waals surface area contributed by atoms with Crippen LogP contribution in [0.1, 0.15) is 11.3 Å². The molecule has 2 amide bonds. The number of carbonyl (C=O) groups is 2. The molecule has 10 heteroatoms. The number of halogens is 3. The van der Waals surface area contributed by atoms with Gasteiger partial charge in [-0.25, -0.2) is 4.98 Å². The molecule has 27 heavy (non-hydrogen) atoms. The van der Waals surface area contributed by atoms with Crippen molar-refractivity contribution in [2.45, 2.75) is 12.6 Å². The molecule has 0 aliphatic rings. The number of benzene rings is 1. The number of fused-ring (bicyclic) bond motifs is 1. The summed E-state index contributed by atoms with van der Waals surface area (Å²) in [7, 11) is 1.41. The van der Waals surface area contributed by atoms with Crippen molar-refractivity contribution in [3.63, 3.8) is 0 Å². The molecule has 0 radical (unpaired) electrons. The van der Waals surface area contributed by atoms with Gasteiger partial charge in [-0.15, -0.1) is 11.3 Å². The zero-order valence-corrected chi connectivity index (χ0v) is 15.0. The third-order valence-electron chi connectivity index (χ3n) is 3.79. The standard InChI is InChI=1S/C17H15F3N4O2S/c1-23(15(26)8-11-9-24-6-7-27-16(24)21-11)10-14(25)22-13-5-3-2-4-12(13)17(18,19)20/h2-7,9H,8,10H2,1H3,(H,22,25). The molecule has 1 aromatic carbocycles. The number of para-hydroxylation sites is 1. The van der Waals surface area contributed by atoms with E-state index in [1.165, 1.54) is 36.6 Å². The highest BCUT2D eigenvalue weighted by atomic mass is 32.1. The number of thiazole rings is 1. The molecule has 3 aromatic rings. The SMILES string of the molecule is CN(CC(=O)Nc1ccccc1C(F)(F)F)C(=O)Cc1cn2ccsc2n1. The van der Waals surface area contributed by atoms with Gasteiger partial charge in [0.2, 0.25) is 11.8 Å². The van der Waals surface area contributed by atoms with Crippen LogP contribution >= 0.6 is 11.3 Å². The Morgan fingerprint density at radius 2 is 2.04 bits per heavy atom. The maximum Gasteiger partial charge on any atom is 0.418 e. The van der Waals surface area contributed by atoms with Gasteiger partial charge >= 0.3 is 6.18 Å². The Labute approximate surface area is 156 Å². The number of carbonyl (C=O) groups excluding carboxylic acids is 2. The molecule has 0 saturated heterocycles. The van der Waals surface area contributed by atoms with Crippen LogP contribution in [0, 0.1) is 0 Å². The molecule has 6 nitrogen and oxygen atoms in total. The Morgan fingerprint density at radius 3 is 2.74 bits per heavy atom. The van der Waals surface area contributed by atoms with E-state index in [1.807, 2.05) is 11.6 Å². The Bertz CT molecular complexity index is 951. The fourth-order valence-electron chi connectivity index (χ4n) is 2.48. The highest BCUT2D eigenvalue weighted by Gasteiger charge is 2.33. The lowest BCUT2D eigenvalue weighted by atomic mass is 10.1. The third-order valence-corrected chi connectivity index (χ3v) is 4.56. The number of aromatic nitrogens is 2. The van der Waals surface area contributed by atoms with Crippen molar-refractivity contribution in [2.24, 2.45) is 0 Å². The first-order valence-electron chi connectivity index (χ1n) is 7.85. The van der Waals surface area contributed by atoms with E-state index in [0.717, 1.165) is 15.9 Å². The number of imidazole rings is 1. The van der Waals surface area contributed by atoms with Crippen molar-refractivity contribution >= 4 is 33.8 Å². The molecule has 0 unspecified atom stereocenters.